The summed E-state index contributed by atoms with van der Waals surface area (Å²) in [6, 6.07) is 8.99. The molecule has 1 amide bonds. The maximum atomic E-state index is 12.6. The van der Waals surface area contributed by atoms with Crippen molar-refractivity contribution in [3.05, 3.63) is 35.4 Å². The van der Waals surface area contributed by atoms with Gasteiger partial charge in [-0.05, 0) is 48.6 Å². The summed E-state index contributed by atoms with van der Waals surface area (Å²) >= 11 is 0. The number of hydrogen-bond acceptors (Lipinski definition) is 2. The Bertz CT molecular complexity index is 556. The Labute approximate surface area is 126 Å². The molecular formula is C18H24N2O. The first-order chi connectivity index (χ1) is 10.3. The lowest BCUT2D eigenvalue weighted by Crippen LogP contribution is -2.49. The average Bonchev–Trinajstić information content (AvgIpc) is 3.24. The van der Waals surface area contributed by atoms with Gasteiger partial charge in [0.05, 0.1) is 0 Å². The minimum Gasteiger partial charge on any atom is -0.352 e. The first-order valence-electron chi connectivity index (χ1n) is 8.39. The van der Waals surface area contributed by atoms with Gasteiger partial charge in [0.25, 0.3) is 0 Å². The van der Waals surface area contributed by atoms with Crippen LogP contribution in [-0.2, 0) is 11.2 Å². The number of amides is 1. The molecule has 0 aliphatic heterocycles. The monoisotopic (exact) mass is 284 g/mol. The van der Waals surface area contributed by atoms with E-state index in [-0.39, 0.29) is 23.9 Å². The molecule has 4 rings (SSSR count). The van der Waals surface area contributed by atoms with E-state index < -0.39 is 0 Å². The predicted molar refractivity (Wildman–Crippen MR) is 82.9 cm³/mol. The predicted octanol–water partition coefficient (Wildman–Crippen LogP) is 2.35. The van der Waals surface area contributed by atoms with Crippen LogP contribution in [0.3, 0.4) is 0 Å². The van der Waals surface area contributed by atoms with Gasteiger partial charge in [-0.3, -0.25) is 4.79 Å². The summed E-state index contributed by atoms with van der Waals surface area (Å²) in [5, 5.41) is 3.25. The van der Waals surface area contributed by atoms with Crippen LogP contribution in [0, 0.1) is 11.8 Å². The summed E-state index contributed by atoms with van der Waals surface area (Å²) in [5.74, 6) is 1.49. The third kappa shape index (κ3) is 2.28. The summed E-state index contributed by atoms with van der Waals surface area (Å²) in [6.45, 7) is 0. The Morgan fingerprint density at radius 3 is 2.81 bits per heavy atom. The van der Waals surface area contributed by atoms with Crippen LogP contribution in [-0.4, -0.2) is 18.0 Å². The van der Waals surface area contributed by atoms with Gasteiger partial charge in [0.15, 0.2) is 0 Å². The number of fused-ring (bicyclic) bond motifs is 3. The highest BCUT2D eigenvalue weighted by molar-refractivity contribution is 5.84. The van der Waals surface area contributed by atoms with Gasteiger partial charge in [-0.25, -0.2) is 0 Å². The fraction of sp³-hybridized carbons (Fsp3) is 0.611. The van der Waals surface area contributed by atoms with Crippen molar-refractivity contribution in [2.45, 2.75) is 56.5 Å². The van der Waals surface area contributed by atoms with Crippen molar-refractivity contribution in [3.63, 3.8) is 0 Å². The van der Waals surface area contributed by atoms with Gasteiger partial charge in [-0.1, -0.05) is 37.1 Å². The molecule has 0 aromatic heterocycles. The second-order valence-corrected chi connectivity index (χ2v) is 7.02. The molecule has 1 aromatic carbocycles. The highest BCUT2D eigenvalue weighted by atomic mass is 16.2. The molecule has 0 spiro atoms. The molecule has 21 heavy (non-hydrogen) atoms. The van der Waals surface area contributed by atoms with E-state index in [0.29, 0.717) is 11.8 Å². The molecule has 3 aliphatic rings. The van der Waals surface area contributed by atoms with Crippen molar-refractivity contribution in [2.75, 3.05) is 0 Å². The van der Waals surface area contributed by atoms with Crippen molar-refractivity contribution in [1.82, 2.24) is 5.32 Å². The maximum Gasteiger partial charge on any atom is 0.224 e. The number of aryl methyl sites for hydroxylation is 1. The number of carbonyl (C=O) groups excluding carboxylic acids is 1. The summed E-state index contributed by atoms with van der Waals surface area (Å²) in [6.07, 6.45) is 6.78. The SMILES string of the molecule is NC1CCCCC1NC(=O)C1C2CCc3ccccc3C21. The molecule has 3 heteroatoms. The van der Waals surface area contributed by atoms with Crippen molar-refractivity contribution in [2.24, 2.45) is 17.6 Å². The van der Waals surface area contributed by atoms with Crippen LogP contribution >= 0.6 is 0 Å². The Morgan fingerprint density at radius 1 is 1.14 bits per heavy atom. The Morgan fingerprint density at radius 2 is 1.95 bits per heavy atom. The second kappa shape index (κ2) is 5.13. The first-order valence-corrected chi connectivity index (χ1v) is 8.39. The molecular weight excluding hydrogens is 260 g/mol. The minimum atomic E-state index is 0.149. The van der Waals surface area contributed by atoms with Crippen LogP contribution in [0.1, 0.15) is 49.1 Å². The molecule has 3 N–H and O–H groups in total. The molecule has 112 valence electrons. The number of nitrogens with two attached hydrogens (primary N) is 1. The standard InChI is InChI=1S/C18H24N2O/c19-14-7-3-4-8-15(14)20-18(21)17-13-10-9-11-5-1-2-6-12(11)16(13)17/h1-2,5-6,13-17H,3-4,7-10,19H2,(H,20,21). The molecule has 3 aliphatic carbocycles. The van der Waals surface area contributed by atoms with Gasteiger partial charge in [-0.15, -0.1) is 0 Å². The lowest BCUT2D eigenvalue weighted by Gasteiger charge is -2.29. The summed E-state index contributed by atoms with van der Waals surface area (Å²) < 4.78 is 0. The van der Waals surface area contributed by atoms with E-state index in [9.17, 15) is 4.79 Å². The first kappa shape index (κ1) is 13.3. The Balaban J connectivity index is 1.46. The fourth-order valence-electron chi connectivity index (χ4n) is 4.54. The van der Waals surface area contributed by atoms with E-state index in [4.69, 9.17) is 5.73 Å². The van der Waals surface area contributed by atoms with E-state index in [0.717, 1.165) is 25.7 Å². The van der Waals surface area contributed by atoms with Crippen LogP contribution in [0.2, 0.25) is 0 Å². The van der Waals surface area contributed by atoms with Gasteiger partial charge < -0.3 is 11.1 Å². The van der Waals surface area contributed by atoms with E-state index >= 15 is 0 Å². The van der Waals surface area contributed by atoms with Gasteiger partial charge in [0, 0.05) is 18.0 Å². The molecule has 2 saturated carbocycles. The topological polar surface area (TPSA) is 55.1 Å². The normalized spacial score (nSPS) is 37.3. The van der Waals surface area contributed by atoms with E-state index in [1.54, 1.807) is 0 Å². The van der Waals surface area contributed by atoms with Crippen molar-refractivity contribution < 1.29 is 4.79 Å². The molecule has 0 heterocycles. The molecule has 0 radical (unpaired) electrons. The van der Waals surface area contributed by atoms with Crippen LogP contribution in [0.5, 0.6) is 0 Å². The van der Waals surface area contributed by atoms with Gasteiger partial charge in [0.1, 0.15) is 0 Å². The molecule has 0 saturated heterocycles. The summed E-state index contributed by atoms with van der Waals surface area (Å²) in [7, 11) is 0. The van der Waals surface area contributed by atoms with E-state index in [1.807, 2.05) is 0 Å². The quantitative estimate of drug-likeness (QED) is 0.876. The zero-order valence-corrected chi connectivity index (χ0v) is 12.4. The Hall–Kier alpha value is -1.35. The van der Waals surface area contributed by atoms with Gasteiger partial charge >= 0.3 is 0 Å². The number of hydrogen-bond donors (Lipinski definition) is 2. The van der Waals surface area contributed by atoms with E-state index in [2.05, 4.69) is 29.6 Å². The lowest BCUT2D eigenvalue weighted by molar-refractivity contribution is -0.123. The molecule has 5 atom stereocenters. The lowest BCUT2D eigenvalue weighted by atomic mass is 9.91. The summed E-state index contributed by atoms with van der Waals surface area (Å²) in [4.78, 5) is 12.6. The highest BCUT2D eigenvalue weighted by Gasteiger charge is 2.57. The third-order valence-electron chi connectivity index (χ3n) is 5.78. The van der Waals surface area contributed by atoms with Crippen LogP contribution in [0.15, 0.2) is 24.3 Å². The highest BCUT2D eigenvalue weighted by Crippen LogP contribution is 2.59. The smallest absolute Gasteiger partial charge is 0.224 e. The summed E-state index contributed by atoms with van der Waals surface area (Å²) in [5.41, 5.74) is 9.02. The maximum absolute atomic E-state index is 12.6. The molecule has 0 bridgehead atoms. The average molecular weight is 284 g/mol. The second-order valence-electron chi connectivity index (χ2n) is 7.02. The van der Waals surface area contributed by atoms with Crippen LogP contribution in [0.4, 0.5) is 0 Å². The molecule has 1 aromatic rings. The molecule has 3 nitrogen and oxygen atoms in total. The molecule has 2 fully saturated rings. The van der Waals surface area contributed by atoms with E-state index in [1.165, 1.54) is 24.0 Å². The minimum absolute atomic E-state index is 0.149. The van der Waals surface area contributed by atoms with Crippen molar-refractivity contribution >= 4 is 5.91 Å². The number of nitrogens with one attached hydrogen (secondary N) is 1. The number of rotatable bonds is 2. The van der Waals surface area contributed by atoms with Gasteiger partial charge in [-0.2, -0.15) is 0 Å². The van der Waals surface area contributed by atoms with Gasteiger partial charge in [0.2, 0.25) is 5.91 Å². The van der Waals surface area contributed by atoms with Crippen LogP contribution < -0.4 is 11.1 Å². The zero-order valence-electron chi connectivity index (χ0n) is 12.4. The number of carbonyl (C=O) groups is 1. The molecule has 5 unspecified atom stereocenters. The largest absolute Gasteiger partial charge is 0.352 e. The zero-order chi connectivity index (χ0) is 14.4. The Kier molecular flexibility index (Phi) is 3.26. The van der Waals surface area contributed by atoms with Crippen LogP contribution in [0.25, 0.3) is 0 Å². The fourth-order valence-corrected chi connectivity index (χ4v) is 4.54. The number of benzene rings is 1. The van der Waals surface area contributed by atoms with Crippen molar-refractivity contribution in [3.8, 4) is 0 Å². The van der Waals surface area contributed by atoms with Crippen molar-refractivity contribution in [1.29, 1.82) is 0 Å². The third-order valence-corrected chi connectivity index (χ3v) is 5.78.